The fourth-order valence-corrected chi connectivity index (χ4v) is 3.32. The highest BCUT2D eigenvalue weighted by molar-refractivity contribution is 5.96. The van der Waals surface area contributed by atoms with Gasteiger partial charge in [0.25, 0.3) is 11.8 Å². The Morgan fingerprint density at radius 2 is 1.88 bits per heavy atom. The maximum atomic E-state index is 12.4. The third-order valence-corrected chi connectivity index (χ3v) is 4.71. The molecule has 1 N–H and O–H groups in total. The lowest BCUT2D eigenvalue weighted by molar-refractivity contribution is 0.0787. The molecule has 1 fully saturated rings. The van der Waals surface area contributed by atoms with Gasteiger partial charge in [0.05, 0.1) is 0 Å². The van der Waals surface area contributed by atoms with Crippen LogP contribution in [-0.4, -0.2) is 41.3 Å². The highest BCUT2D eigenvalue weighted by Crippen LogP contribution is 2.19. The Balaban J connectivity index is 1.55. The van der Waals surface area contributed by atoms with Crippen LogP contribution in [0.4, 0.5) is 0 Å². The number of likely N-dealkylation sites (tertiary alicyclic amines) is 1. The van der Waals surface area contributed by atoms with Gasteiger partial charge < -0.3 is 10.2 Å². The molecule has 1 aliphatic carbocycles. The van der Waals surface area contributed by atoms with Gasteiger partial charge >= 0.3 is 0 Å². The zero-order valence-corrected chi connectivity index (χ0v) is 14.1. The predicted octanol–water partition coefficient (Wildman–Crippen LogP) is 2.94. The van der Waals surface area contributed by atoms with E-state index in [0.717, 1.165) is 45.2 Å². The molecule has 5 nitrogen and oxygen atoms in total. The highest BCUT2D eigenvalue weighted by Gasteiger charge is 2.21. The number of nitrogens with one attached hydrogen (secondary N) is 1. The summed E-state index contributed by atoms with van der Waals surface area (Å²) in [7, 11) is 0. The molecule has 1 saturated heterocycles. The van der Waals surface area contributed by atoms with Crippen molar-refractivity contribution in [1.29, 1.82) is 0 Å². The summed E-state index contributed by atoms with van der Waals surface area (Å²) in [5.41, 5.74) is 2.12. The fourth-order valence-electron chi connectivity index (χ4n) is 3.32. The van der Waals surface area contributed by atoms with E-state index in [9.17, 15) is 9.59 Å². The third kappa shape index (κ3) is 4.22. The molecule has 2 aliphatic rings. The molecule has 5 heteroatoms. The van der Waals surface area contributed by atoms with Gasteiger partial charge in [-0.25, -0.2) is 4.98 Å². The summed E-state index contributed by atoms with van der Waals surface area (Å²) >= 11 is 0. The second-order valence-corrected chi connectivity index (χ2v) is 6.52. The van der Waals surface area contributed by atoms with Crippen LogP contribution in [0.2, 0.25) is 0 Å². The first kappa shape index (κ1) is 16.7. The van der Waals surface area contributed by atoms with E-state index >= 15 is 0 Å². The average Bonchev–Trinajstić information content (AvgIpc) is 3.16. The van der Waals surface area contributed by atoms with Gasteiger partial charge in [-0.05, 0) is 57.1 Å². The lowest BCUT2D eigenvalue weighted by atomic mass is 9.97. The molecule has 1 aliphatic heterocycles. The minimum Gasteiger partial charge on any atom is -0.350 e. The van der Waals surface area contributed by atoms with Gasteiger partial charge in [-0.15, -0.1) is 0 Å². The van der Waals surface area contributed by atoms with Crippen molar-refractivity contribution in [2.45, 2.75) is 44.9 Å². The Labute approximate surface area is 143 Å². The second-order valence-electron chi connectivity index (χ2n) is 6.52. The van der Waals surface area contributed by atoms with E-state index in [2.05, 4.69) is 16.4 Å². The monoisotopic (exact) mass is 327 g/mol. The van der Waals surface area contributed by atoms with Crippen LogP contribution >= 0.6 is 0 Å². The van der Waals surface area contributed by atoms with E-state index in [-0.39, 0.29) is 11.8 Å². The van der Waals surface area contributed by atoms with Gasteiger partial charge in [-0.3, -0.25) is 9.59 Å². The summed E-state index contributed by atoms with van der Waals surface area (Å²) in [5, 5.41) is 2.91. The fraction of sp³-hybridized carbons (Fsp3) is 0.526. The number of amides is 2. The summed E-state index contributed by atoms with van der Waals surface area (Å²) in [6.45, 7) is 2.19. The molecule has 1 aromatic heterocycles. The van der Waals surface area contributed by atoms with E-state index < -0.39 is 0 Å². The van der Waals surface area contributed by atoms with Gasteiger partial charge in [-0.1, -0.05) is 17.7 Å². The zero-order valence-electron chi connectivity index (χ0n) is 14.1. The largest absolute Gasteiger partial charge is 0.350 e. The highest BCUT2D eigenvalue weighted by atomic mass is 16.2. The molecule has 1 aromatic rings. The van der Waals surface area contributed by atoms with Gasteiger partial charge in [0.15, 0.2) is 0 Å². The summed E-state index contributed by atoms with van der Waals surface area (Å²) < 4.78 is 0. The van der Waals surface area contributed by atoms with E-state index in [4.69, 9.17) is 0 Å². The molecular formula is C19H25N3O2. The van der Waals surface area contributed by atoms with Crippen LogP contribution < -0.4 is 5.32 Å². The molecule has 2 heterocycles. The molecule has 128 valence electrons. The van der Waals surface area contributed by atoms with Crippen molar-refractivity contribution in [2.24, 2.45) is 0 Å². The molecule has 24 heavy (non-hydrogen) atoms. The predicted molar refractivity (Wildman–Crippen MR) is 92.9 cm³/mol. The number of carbonyl (C=O) groups is 2. The lowest BCUT2D eigenvalue weighted by Gasteiger charge is -2.15. The Bertz CT molecular complexity index is 633. The van der Waals surface area contributed by atoms with Crippen LogP contribution in [0.1, 0.15) is 65.9 Å². The molecule has 0 bridgehead atoms. The molecule has 0 atom stereocenters. The van der Waals surface area contributed by atoms with E-state index in [0.29, 0.717) is 17.9 Å². The minimum absolute atomic E-state index is 0.0745. The Hall–Kier alpha value is -2.17. The van der Waals surface area contributed by atoms with Gasteiger partial charge in [0.1, 0.15) is 11.4 Å². The van der Waals surface area contributed by atoms with Gasteiger partial charge in [0.2, 0.25) is 0 Å². The number of rotatable bonds is 5. The molecule has 0 aromatic carbocycles. The standard InChI is InChI=1S/C19H25N3O2/c23-18(20-12-11-15-7-2-1-3-8-15)16-9-6-10-17(21-16)19(24)22-13-4-5-14-22/h6-7,9-10H,1-5,8,11-14H2,(H,20,23). The summed E-state index contributed by atoms with van der Waals surface area (Å²) in [4.78, 5) is 30.7. The topological polar surface area (TPSA) is 62.3 Å². The van der Waals surface area contributed by atoms with Crippen molar-refractivity contribution in [3.05, 3.63) is 41.2 Å². The van der Waals surface area contributed by atoms with Crippen molar-refractivity contribution < 1.29 is 9.59 Å². The molecule has 0 unspecified atom stereocenters. The van der Waals surface area contributed by atoms with Crippen LogP contribution in [0.25, 0.3) is 0 Å². The van der Waals surface area contributed by atoms with Crippen molar-refractivity contribution in [3.8, 4) is 0 Å². The van der Waals surface area contributed by atoms with Crippen molar-refractivity contribution >= 4 is 11.8 Å². The normalized spacial score (nSPS) is 17.5. The average molecular weight is 327 g/mol. The van der Waals surface area contributed by atoms with Crippen LogP contribution in [0.5, 0.6) is 0 Å². The summed E-state index contributed by atoms with van der Waals surface area (Å²) in [5.74, 6) is -0.281. The maximum absolute atomic E-state index is 12.4. The van der Waals surface area contributed by atoms with Crippen LogP contribution in [-0.2, 0) is 0 Å². The Morgan fingerprint density at radius 3 is 2.62 bits per heavy atom. The number of allylic oxidation sites excluding steroid dienone is 1. The van der Waals surface area contributed by atoms with E-state index in [1.807, 2.05) is 0 Å². The third-order valence-electron chi connectivity index (χ3n) is 4.71. The van der Waals surface area contributed by atoms with Crippen molar-refractivity contribution in [3.63, 3.8) is 0 Å². The molecular weight excluding hydrogens is 302 g/mol. The smallest absolute Gasteiger partial charge is 0.272 e. The number of hydrogen-bond donors (Lipinski definition) is 1. The first-order valence-corrected chi connectivity index (χ1v) is 8.96. The molecule has 3 rings (SSSR count). The SMILES string of the molecule is O=C(NCCC1=CCCCC1)c1cccc(C(=O)N2CCCC2)n1. The number of aromatic nitrogens is 1. The van der Waals surface area contributed by atoms with Crippen LogP contribution in [0, 0.1) is 0 Å². The van der Waals surface area contributed by atoms with E-state index in [1.165, 1.54) is 18.4 Å². The van der Waals surface area contributed by atoms with Crippen molar-refractivity contribution in [2.75, 3.05) is 19.6 Å². The number of hydrogen-bond acceptors (Lipinski definition) is 3. The molecule has 0 radical (unpaired) electrons. The molecule has 2 amide bonds. The summed E-state index contributed by atoms with van der Waals surface area (Å²) in [6, 6.07) is 5.08. The van der Waals surface area contributed by atoms with E-state index in [1.54, 1.807) is 23.1 Å². The number of carbonyl (C=O) groups excluding carboxylic acids is 2. The molecule has 0 spiro atoms. The van der Waals surface area contributed by atoms with Gasteiger partial charge in [0, 0.05) is 19.6 Å². The Morgan fingerprint density at radius 1 is 1.08 bits per heavy atom. The Kier molecular flexibility index (Phi) is 5.62. The minimum atomic E-state index is -0.206. The van der Waals surface area contributed by atoms with Gasteiger partial charge in [-0.2, -0.15) is 0 Å². The van der Waals surface area contributed by atoms with Crippen LogP contribution in [0.3, 0.4) is 0 Å². The first-order chi connectivity index (χ1) is 11.7. The van der Waals surface area contributed by atoms with Crippen molar-refractivity contribution in [1.82, 2.24) is 15.2 Å². The molecule has 0 saturated carbocycles. The maximum Gasteiger partial charge on any atom is 0.272 e. The summed E-state index contributed by atoms with van der Waals surface area (Å²) in [6.07, 6.45) is 10.1. The quantitative estimate of drug-likeness (QED) is 0.846. The number of pyridine rings is 1. The zero-order chi connectivity index (χ0) is 16.8. The lowest BCUT2D eigenvalue weighted by Crippen LogP contribution is -2.30. The second kappa shape index (κ2) is 8.08. The first-order valence-electron chi connectivity index (χ1n) is 8.96. The number of nitrogens with zero attached hydrogens (tertiary/aromatic N) is 2. The van der Waals surface area contributed by atoms with Crippen LogP contribution in [0.15, 0.2) is 29.8 Å².